The molecule has 1 aromatic rings. The van der Waals surface area contributed by atoms with Crippen molar-refractivity contribution in [2.75, 3.05) is 0 Å². The van der Waals surface area contributed by atoms with Gasteiger partial charge in [0.2, 0.25) is 0 Å². The molecular weight excluding hydrogens is 216 g/mol. The van der Waals surface area contributed by atoms with Gasteiger partial charge in [0.15, 0.2) is 0 Å². The van der Waals surface area contributed by atoms with Crippen molar-refractivity contribution in [2.24, 2.45) is 5.92 Å². The van der Waals surface area contributed by atoms with Crippen molar-refractivity contribution < 1.29 is 9.90 Å². The zero-order valence-electron chi connectivity index (χ0n) is 10.3. The van der Waals surface area contributed by atoms with E-state index in [1.54, 1.807) is 0 Å². The van der Waals surface area contributed by atoms with Crippen molar-refractivity contribution in [3.8, 4) is 0 Å². The van der Waals surface area contributed by atoms with E-state index in [2.05, 4.69) is 15.7 Å². The second-order valence-electron chi connectivity index (χ2n) is 4.99. The summed E-state index contributed by atoms with van der Waals surface area (Å²) < 4.78 is 2.26. The minimum Gasteiger partial charge on any atom is -0.481 e. The summed E-state index contributed by atoms with van der Waals surface area (Å²) in [7, 11) is 0. The molecule has 1 aliphatic rings. The molecule has 0 atom stereocenters. The molecule has 1 aliphatic carbocycles. The lowest BCUT2D eigenvalue weighted by molar-refractivity contribution is -0.137. The van der Waals surface area contributed by atoms with Gasteiger partial charge in [0.05, 0.1) is 0 Å². The van der Waals surface area contributed by atoms with Crippen molar-refractivity contribution in [1.82, 2.24) is 9.55 Å². The molecule has 0 unspecified atom stereocenters. The minimum atomic E-state index is -0.669. The van der Waals surface area contributed by atoms with E-state index >= 15 is 0 Å². The Morgan fingerprint density at radius 1 is 1.47 bits per heavy atom. The van der Waals surface area contributed by atoms with Gasteiger partial charge in [0.1, 0.15) is 5.82 Å². The topological polar surface area (TPSA) is 55.1 Å². The number of aliphatic carboxylic acids is 1. The molecule has 1 heterocycles. The van der Waals surface area contributed by atoms with Crippen LogP contribution in [0.25, 0.3) is 0 Å². The SMILES string of the molecule is Cc1nccn1C1CCC(CCC(=O)O)CC1. The Balaban J connectivity index is 1.82. The van der Waals surface area contributed by atoms with Crippen LogP contribution in [0.4, 0.5) is 0 Å². The second-order valence-corrected chi connectivity index (χ2v) is 4.99. The molecule has 4 nitrogen and oxygen atoms in total. The fourth-order valence-electron chi connectivity index (χ4n) is 2.81. The first-order chi connectivity index (χ1) is 8.16. The number of hydrogen-bond acceptors (Lipinski definition) is 2. The molecule has 0 radical (unpaired) electrons. The molecule has 17 heavy (non-hydrogen) atoms. The fourth-order valence-corrected chi connectivity index (χ4v) is 2.81. The first-order valence-corrected chi connectivity index (χ1v) is 6.38. The van der Waals surface area contributed by atoms with Gasteiger partial charge in [-0.05, 0) is 44.9 Å². The highest BCUT2D eigenvalue weighted by molar-refractivity contribution is 5.66. The normalized spacial score (nSPS) is 24.8. The maximum Gasteiger partial charge on any atom is 0.303 e. The van der Waals surface area contributed by atoms with Gasteiger partial charge in [-0.3, -0.25) is 4.79 Å². The van der Waals surface area contributed by atoms with Crippen LogP contribution < -0.4 is 0 Å². The molecule has 94 valence electrons. The van der Waals surface area contributed by atoms with Gasteiger partial charge in [-0.2, -0.15) is 0 Å². The Labute approximate surface area is 102 Å². The van der Waals surface area contributed by atoms with E-state index in [1.165, 1.54) is 0 Å². The first-order valence-electron chi connectivity index (χ1n) is 6.38. The molecule has 2 rings (SSSR count). The van der Waals surface area contributed by atoms with Gasteiger partial charge in [-0.1, -0.05) is 0 Å². The zero-order valence-corrected chi connectivity index (χ0v) is 10.3. The Morgan fingerprint density at radius 3 is 2.71 bits per heavy atom. The summed E-state index contributed by atoms with van der Waals surface area (Å²) >= 11 is 0. The van der Waals surface area contributed by atoms with Gasteiger partial charge in [-0.15, -0.1) is 0 Å². The predicted molar refractivity (Wildman–Crippen MR) is 64.8 cm³/mol. The summed E-state index contributed by atoms with van der Waals surface area (Å²) in [6.07, 6.45) is 9.67. The molecule has 1 aromatic heterocycles. The van der Waals surface area contributed by atoms with Gasteiger partial charge >= 0.3 is 5.97 Å². The average Bonchev–Trinajstić information content (AvgIpc) is 2.73. The van der Waals surface area contributed by atoms with Crippen molar-refractivity contribution in [3.05, 3.63) is 18.2 Å². The standard InChI is InChI=1S/C13H20N2O2/c1-10-14-8-9-15(10)12-5-2-11(3-6-12)4-7-13(16)17/h8-9,11-12H,2-7H2,1H3,(H,16,17). The maximum atomic E-state index is 10.5. The summed E-state index contributed by atoms with van der Waals surface area (Å²) in [5.74, 6) is 1.02. The number of rotatable bonds is 4. The van der Waals surface area contributed by atoms with E-state index in [0.717, 1.165) is 37.9 Å². The number of imidazole rings is 1. The fraction of sp³-hybridized carbons (Fsp3) is 0.692. The highest BCUT2D eigenvalue weighted by Crippen LogP contribution is 2.34. The van der Waals surface area contributed by atoms with Crippen LogP contribution in [0.15, 0.2) is 12.4 Å². The summed E-state index contributed by atoms with van der Waals surface area (Å²) in [5, 5.41) is 8.67. The minimum absolute atomic E-state index is 0.319. The monoisotopic (exact) mass is 236 g/mol. The molecule has 0 aromatic carbocycles. The number of hydrogen-bond donors (Lipinski definition) is 1. The molecule has 0 amide bonds. The molecule has 1 fully saturated rings. The third-order valence-electron chi connectivity index (χ3n) is 3.84. The molecule has 1 N–H and O–H groups in total. The van der Waals surface area contributed by atoms with Gasteiger partial charge in [-0.25, -0.2) is 4.98 Å². The number of aromatic nitrogens is 2. The molecule has 4 heteroatoms. The Kier molecular flexibility index (Phi) is 3.82. The molecule has 1 saturated carbocycles. The third-order valence-corrected chi connectivity index (χ3v) is 3.84. The summed E-state index contributed by atoms with van der Waals surface area (Å²) in [5.41, 5.74) is 0. The molecule has 0 saturated heterocycles. The van der Waals surface area contributed by atoms with Crippen molar-refractivity contribution in [3.63, 3.8) is 0 Å². The van der Waals surface area contributed by atoms with Crippen LogP contribution in [0.2, 0.25) is 0 Å². The second kappa shape index (κ2) is 5.34. The number of carbonyl (C=O) groups is 1. The summed E-state index contributed by atoms with van der Waals surface area (Å²) in [6, 6.07) is 0.568. The van der Waals surface area contributed by atoms with Gasteiger partial charge < -0.3 is 9.67 Å². The lowest BCUT2D eigenvalue weighted by Gasteiger charge is -2.29. The van der Waals surface area contributed by atoms with Crippen LogP contribution >= 0.6 is 0 Å². The molecular formula is C13H20N2O2. The highest BCUT2D eigenvalue weighted by Gasteiger charge is 2.23. The lowest BCUT2D eigenvalue weighted by atomic mass is 9.83. The highest BCUT2D eigenvalue weighted by atomic mass is 16.4. The summed E-state index contributed by atoms with van der Waals surface area (Å²) in [4.78, 5) is 14.8. The maximum absolute atomic E-state index is 10.5. The number of carboxylic acid groups (broad SMARTS) is 1. The smallest absolute Gasteiger partial charge is 0.303 e. The Hall–Kier alpha value is -1.32. The van der Waals surface area contributed by atoms with E-state index < -0.39 is 5.97 Å². The van der Waals surface area contributed by atoms with E-state index in [9.17, 15) is 4.79 Å². The largest absolute Gasteiger partial charge is 0.481 e. The van der Waals surface area contributed by atoms with Crippen LogP contribution in [0, 0.1) is 12.8 Å². The predicted octanol–water partition coefficient (Wildman–Crippen LogP) is 2.79. The Morgan fingerprint density at radius 2 is 2.18 bits per heavy atom. The van der Waals surface area contributed by atoms with Crippen LogP contribution in [0.3, 0.4) is 0 Å². The van der Waals surface area contributed by atoms with Crippen molar-refractivity contribution in [2.45, 2.75) is 51.5 Å². The first kappa shape index (κ1) is 12.1. The Bertz CT molecular complexity index is 379. The zero-order chi connectivity index (χ0) is 12.3. The summed E-state index contributed by atoms with van der Waals surface area (Å²) in [6.45, 7) is 2.04. The van der Waals surface area contributed by atoms with E-state index in [-0.39, 0.29) is 0 Å². The van der Waals surface area contributed by atoms with Crippen molar-refractivity contribution in [1.29, 1.82) is 0 Å². The molecule has 0 spiro atoms. The quantitative estimate of drug-likeness (QED) is 0.874. The molecule has 0 bridgehead atoms. The van der Waals surface area contributed by atoms with Crippen LogP contribution in [-0.4, -0.2) is 20.6 Å². The number of aryl methyl sites for hydroxylation is 1. The van der Waals surface area contributed by atoms with Crippen LogP contribution in [-0.2, 0) is 4.79 Å². The third kappa shape index (κ3) is 3.08. The van der Waals surface area contributed by atoms with Gasteiger partial charge in [0.25, 0.3) is 0 Å². The lowest BCUT2D eigenvalue weighted by Crippen LogP contribution is -2.19. The van der Waals surface area contributed by atoms with Crippen LogP contribution in [0.1, 0.15) is 50.4 Å². The van der Waals surface area contributed by atoms with Gasteiger partial charge in [0, 0.05) is 24.9 Å². The van der Waals surface area contributed by atoms with E-state index in [4.69, 9.17) is 5.11 Å². The molecule has 0 aliphatic heterocycles. The van der Waals surface area contributed by atoms with Crippen LogP contribution in [0.5, 0.6) is 0 Å². The van der Waals surface area contributed by atoms with Crippen molar-refractivity contribution >= 4 is 5.97 Å². The average molecular weight is 236 g/mol. The van der Waals surface area contributed by atoms with E-state index in [1.807, 2.05) is 13.1 Å². The number of nitrogens with zero attached hydrogens (tertiary/aromatic N) is 2. The van der Waals surface area contributed by atoms with E-state index in [0.29, 0.717) is 18.4 Å². The number of carboxylic acids is 1.